The number of amides is 2. The van der Waals surface area contributed by atoms with Crippen molar-refractivity contribution in [3.05, 3.63) is 51.8 Å². The van der Waals surface area contributed by atoms with Gasteiger partial charge in [0.05, 0.1) is 20.7 Å². The Morgan fingerprint density at radius 2 is 1.82 bits per heavy atom. The van der Waals surface area contributed by atoms with Gasteiger partial charge in [-0.25, -0.2) is 0 Å². The van der Waals surface area contributed by atoms with Gasteiger partial charge >= 0.3 is 0 Å². The third kappa shape index (κ3) is 3.95. The van der Waals surface area contributed by atoms with Crippen molar-refractivity contribution in [2.75, 3.05) is 27.2 Å². The first-order valence-corrected chi connectivity index (χ1v) is 13.0. The first kappa shape index (κ1) is 22.8. The zero-order valence-corrected chi connectivity index (χ0v) is 21.5. The first-order valence-electron chi connectivity index (χ1n) is 11.3. The van der Waals surface area contributed by atoms with Crippen molar-refractivity contribution >= 4 is 54.8 Å². The highest BCUT2D eigenvalue weighted by Gasteiger charge is 2.31. The van der Waals surface area contributed by atoms with Crippen molar-refractivity contribution in [2.45, 2.75) is 20.8 Å². The van der Waals surface area contributed by atoms with Gasteiger partial charge in [0.25, 0.3) is 11.8 Å². The molecule has 34 heavy (non-hydrogen) atoms. The molecule has 0 saturated carbocycles. The van der Waals surface area contributed by atoms with Gasteiger partial charge in [-0.05, 0) is 43.0 Å². The van der Waals surface area contributed by atoms with E-state index in [2.05, 4.69) is 18.8 Å². The number of carbonyl (C=O) groups excluding carboxylic acids is 2. The maximum atomic E-state index is 13.1. The molecule has 6 nitrogen and oxygen atoms in total. The Kier molecular flexibility index (Phi) is 5.81. The second kappa shape index (κ2) is 8.67. The van der Waals surface area contributed by atoms with E-state index in [1.54, 1.807) is 36.5 Å². The van der Waals surface area contributed by atoms with Crippen LogP contribution in [0, 0.1) is 18.8 Å². The van der Waals surface area contributed by atoms with Crippen molar-refractivity contribution in [1.29, 1.82) is 0 Å². The van der Waals surface area contributed by atoms with E-state index < -0.39 is 0 Å². The van der Waals surface area contributed by atoms with Crippen molar-refractivity contribution in [3.8, 4) is 11.5 Å². The fourth-order valence-corrected chi connectivity index (χ4v) is 6.55. The SMILES string of the molecule is Cc1sc2cc(Oc3ccnc4cc(C(=O)N5C[C@@H](C)[C@@H](C)C5)sc34)ccc2c1C(=O)N(C)C. The topological polar surface area (TPSA) is 62.7 Å². The summed E-state index contributed by atoms with van der Waals surface area (Å²) in [6.07, 6.45) is 1.71. The summed E-state index contributed by atoms with van der Waals surface area (Å²) >= 11 is 3.02. The number of carbonyl (C=O) groups is 2. The number of fused-ring (bicyclic) bond motifs is 2. The summed E-state index contributed by atoms with van der Waals surface area (Å²) in [5.41, 5.74) is 1.51. The molecular weight excluding hydrogens is 466 g/mol. The van der Waals surface area contributed by atoms with E-state index in [9.17, 15) is 9.59 Å². The van der Waals surface area contributed by atoms with Crippen molar-refractivity contribution in [3.63, 3.8) is 0 Å². The Morgan fingerprint density at radius 3 is 2.53 bits per heavy atom. The highest BCUT2D eigenvalue weighted by atomic mass is 32.1. The number of rotatable bonds is 4. The number of hydrogen-bond donors (Lipinski definition) is 0. The molecule has 0 aliphatic carbocycles. The molecule has 5 rings (SSSR count). The number of hydrogen-bond acceptors (Lipinski definition) is 6. The molecule has 3 aromatic heterocycles. The Labute approximate surface area is 206 Å². The maximum absolute atomic E-state index is 13.1. The number of aromatic nitrogens is 1. The minimum atomic E-state index is 0.00540. The standard InChI is InChI=1S/C26H27N3O3S2/c1-14-12-29(13-15(14)2)25(30)22-11-19-24(34-22)20(8-9-27-19)32-17-6-7-18-21(10-17)33-16(3)23(18)26(31)28(4)5/h6-11,14-15H,12-13H2,1-5H3/t14-,15+. The lowest BCUT2D eigenvalue weighted by molar-refractivity contribution is 0.0788. The van der Waals surface area contributed by atoms with Gasteiger partial charge in [-0.1, -0.05) is 13.8 Å². The summed E-state index contributed by atoms with van der Waals surface area (Å²) in [7, 11) is 3.53. The normalized spacial score (nSPS) is 18.1. The van der Waals surface area contributed by atoms with Gasteiger partial charge in [0.2, 0.25) is 0 Å². The van der Waals surface area contributed by atoms with Gasteiger partial charge < -0.3 is 14.5 Å². The van der Waals surface area contributed by atoms with Crippen molar-refractivity contribution in [1.82, 2.24) is 14.8 Å². The molecule has 1 saturated heterocycles. The molecule has 8 heteroatoms. The summed E-state index contributed by atoms with van der Waals surface area (Å²) in [5.74, 6) is 2.46. The summed E-state index contributed by atoms with van der Waals surface area (Å²) in [5, 5.41) is 0.937. The summed E-state index contributed by atoms with van der Waals surface area (Å²) < 4.78 is 8.13. The Balaban J connectivity index is 1.45. The number of nitrogens with zero attached hydrogens (tertiary/aromatic N) is 3. The molecule has 2 atom stereocenters. The predicted octanol–water partition coefficient (Wildman–Crippen LogP) is 6.04. The minimum Gasteiger partial charge on any atom is -0.456 e. The van der Waals surface area contributed by atoms with E-state index in [-0.39, 0.29) is 11.8 Å². The minimum absolute atomic E-state index is 0.00540. The van der Waals surface area contributed by atoms with E-state index in [0.29, 0.717) is 28.2 Å². The third-order valence-electron chi connectivity index (χ3n) is 6.55. The van der Waals surface area contributed by atoms with E-state index in [1.807, 2.05) is 42.2 Å². The molecule has 1 aliphatic heterocycles. The highest BCUT2D eigenvalue weighted by molar-refractivity contribution is 7.21. The van der Waals surface area contributed by atoms with Crippen LogP contribution in [0.2, 0.25) is 0 Å². The van der Waals surface area contributed by atoms with Crippen molar-refractivity contribution in [2.24, 2.45) is 11.8 Å². The van der Waals surface area contributed by atoms with Crippen molar-refractivity contribution < 1.29 is 14.3 Å². The lowest BCUT2D eigenvalue weighted by Crippen LogP contribution is -2.28. The predicted molar refractivity (Wildman–Crippen MR) is 139 cm³/mol. The van der Waals surface area contributed by atoms with Gasteiger partial charge in [-0.15, -0.1) is 22.7 Å². The maximum Gasteiger partial charge on any atom is 0.264 e. The summed E-state index contributed by atoms with van der Waals surface area (Å²) in [6.45, 7) is 7.96. The lowest BCUT2D eigenvalue weighted by atomic mass is 10.0. The molecule has 1 aromatic carbocycles. The summed E-state index contributed by atoms with van der Waals surface area (Å²) in [6, 6.07) is 9.51. The first-order chi connectivity index (χ1) is 16.2. The third-order valence-corrected chi connectivity index (χ3v) is 8.74. The van der Waals surface area contributed by atoms with E-state index in [1.165, 1.54) is 11.3 Å². The quantitative estimate of drug-likeness (QED) is 0.348. The van der Waals surface area contributed by atoms with Crippen LogP contribution in [0.4, 0.5) is 0 Å². The van der Waals surface area contributed by atoms with Crippen LogP contribution in [0.15, 0.2) is 36.5 Å². The van der Waals surface area contributed by atoms with Crippen LogP contribution in [0.3, 0.4) is 0 Å². The molecule has 2 amide bonds. The average Bonchev–Trinajstić information content (AvgIpc) is 3.47. The van der Waals surface area contributed by atoms with Gasteiger partial charge in [0, 0.05) is 54.4 Å². The zero-order chi connectivity index (χ0) is 24.1. The average molecular weight is 494 g/mol. The lowest BCUT2D eigenvalue weighted by Gasteiger charge is -2.14. The Bertz CT molecular complexity index is 1410. The van der Waals surface area contributed by atoms with Gasteiger partial charge in [-0.2, -0.15) is 0 Å². The van der Waals surface area contributed by atoms with Crippen LogP contribution < -0.4 is 4.74 Å². The van der Waals surface area contributed by atoms with Crippen LogP contribution in [-0.4, -0.2) is 53.8 Å². The molecule has 0 unspecified atom stereocenters. The number of likely N-dealkylation sites (tertiary alicyclic amines) is 1. The van der Waals surface area contributed by atoms with Crippen LogP contribution in [-0.2, 0) is 0 Å². The Morgan fingerprint density at radius 1 is 1.09 bits per heavy atom. The number of thiophene rings is 2. The second-order valence-corrected chi connectivity index (χ2v) is 11.6. The van der Waals surface area contributed by atoms with E-state index in [4.69, 9.17) is 4.74 Å². The molecule has 0 N–H and O–H groups in total. The van der Waals surface area contributed by atoms with Gasteiger partial charge in [-0.3, -0.25) is 14.6 Å². The van der Waals surface area contributed by atoms with E-state index in [0.717, 1.165) is 43.8 Å². The highest BCUT2D eigenvalue weighted by Crippen LogP contribution is 2.39. The number of aryl methyl sites for hydroxylation is 1. The molecule has 4 heterocycles. The number of ether oxygens (including phenoxy) is 1. The molecule has 0 spiro atoms. The molecule has 0 radical (unpaired) electrons. The van der Waals surface area contributed by atoms with Crippen LogP contribution in [0.25, 0.3) is 20.3 Å². The monoisotopic (exact) mass is 493 g/mol. The molecule has 1 fully saturated rings. The summed E-state index contributed by atoms with van der Waals surface area (Å²) in [4.78, 5) is 35.4. The fraction of sp³-hybridized carbons (Fsp3) is 0.346. The van der Waals surface area contributed by atoms with Gasteiger partial charge in [0.15, 0.2) is 0 Å². The zero-order valence-electron chi connectivity index (χ0n) is 19.9. The molecule has 1 aliphatic rings. The second-order valence-electron chi connectivity index (χ2n) is 9.29. The van der Waals surface area contributed by atoms with Crippen LogP contribution in [0.5, 0.6) is 11.5 Å². The molecule has 0 bridgehead atoms. The number of pyridine rings is 1. The number of benzene rings is 1. The fourth-order valence-electron chi connectivity index (χ4n) is 4.43. The van der Waals surface area contributed by atoms with Gasteiger partial charge in [0.1, 0.15) is 11.5 Å². The largest absolute Gasteiger partial charge is 0.456 e. The molecular formula is C26H27N3O3S2. The Hall–Kier alpha value is -2.97. The van der Waals surface area contributed by atoms with Crippen LogP contribution in [0.1, 0.15) is 38.8 Å². The van der Waals surface area contributed by atoms with E-state index >= 15 is 0 Å². The molecule has 176 valence electrons. The molecule has 4 aromatic rings. The van der Waals surface area contributed by atoms with Crippen LogP contribution >= 0.6 is 22.7 Å². The smallest absolute Gasteiger partial charge is 0.264 e.